The van der Waals surface area contributed by atoms with Crippen molar-refractivity contribution in [2.24, 2.45) is 0 Å². The van der Waals surface area contributed by atoms with Crippen molar-refractivity contribution in [3.8, 4) is 0 Å². The van der Waals surface area contributed by atoms with E-state index in [1.165, 1.54) is 44.6 Å². The van der Waals surface area contributed by atoms with Crippen molar-refractivity contribution < 1.29 is 4.79 Å². The highest BCUT2D eigenvalue weighted by atomic mass is 16.1. The summed E-state index contributed by atoms with van der Waals surface area (Å²) in [5.74, 6) is -0.0732. The zero-order valence-corrected chi connectivity index (χ0v) is 11.1. The summed E-state index contributed by atoms with van der Waals surface area (Å²) in [6, 6.07) is 0. The SMILES string of the molecule is C=CC(=O)NC(C)(C)CCCCCCCC. The molecule has 0 rings (SSSR count). The summed E-state index contributed by atoms with van der Waals surface area (Å²) in [5, 5.41) is 2.95. The Balaban J connectivity index is 3.57. The Morgan fingerprint density at radius 1 is 1.19 bits per heavy atom. The zero-order valence-electron chi connectivity index (χ0n) is 11.1. The highest BCUT2D eigenvalue weighted by Crippen LogP contribution is 2.15. The average Bonchev–Trinajstić information content (AvgIpc) is 2.22. The lowest BCUT2D eigenvalue weighted by Crippen LogP contribution is -2.42. The third-order valence-electron chi connectivity index (χ3n) is 2.80. The number of unbranched alkanes of at least 4 members (excludes halogenated alkanes) is 5. The lowest BCUT2D eigenvalue weighted by molar-refractivity contribution is -0.118. The summed E-state index contributed by atoms with van der Waals surface area (Å²) in [6.45, 7) is 9.83. The summed E-state index contributed by atoms with van der Waals surface area (Å²) in [7, 11) is 0. The summed E-state index contributed by atoms with van der Waals surface area (Å²) in [5.41, 5.74) is -0.101. The Bertz CT molecular complexity index is 209. The first kappa shape index (κ1) is 15.2. The molecule has 2 heteroatoms. The smallest absolute Gasteiger partial charge is 0.243 e. The quantitative estimate of drug-likeness (QED) is 0.469. The molecular formula is C14H27NO. The van der Waals surface area contributed by atoms with Gasteiger partial charge in [-0.1, -0.05) is 52.0 Å². The molecule has 0 atom stereocenters. The van der Waals surface area contributed by atoms with E-state index in [2.05, 4.69) is 32.7 Å². The summed E-state index contributed by atoms with van der Waals surface area (Å²) in [4.78, 5) is 11.2. The number of nitrogens with one attached hydrogen (secondary N) is 1. The second-order valence-corrected chi connectivity index (χ2v) is 5.10. The van der Waals surface area contributed by atoms with Crippen molar-refractivity contribution in [2.45, 2.75) is 71.3 Å². The maximum absolute atomic E-state index is 11.2. The lowest BCUT2D eigenvalue weighted by atomic mass is 9.96. The molecule has 0 aliphatic heterocycles. The molecule has 0 bridgehead atoms. The first-order chi connectivity index (χ1) is 7.52. The van der Waals surface area contributed by atoms with Gasteiger partial charge in [-0.15, -0.1) is 0 Å². The minimum atomic E-state index is -0.101. The number of amides is 1. The molecule has 0 spiro atoms. The first-order valence-electron chi connectivity index (χ1n) is 6.46. The Kier molecular flexibility index (Phi) is 7.96. The molecule has 0 aromatic rings. The van der Waals surface area contributed by atoms with Gasteiger partial charge in [0.2, 0.25) is 5.91 Å². The van der Waals surface area contributed by atoms with Gasteiger partial charge in [0.25, 0.3) is 0 Å². The van der Waals surface area contributed by atoms with Crippen molar-refractivity contribution in [2.75, 3.05) is 0 Å². The van der Waals surface area contributed by atoms with Crippen LogP contribution in [-0.2, 0) is 4.79 Å². The molecule has 0 fully saturated rings. The van der Waals surface area contributed by atoms with E-state index in [4.69, 9.17) is 0 Å². The van der Waals surface area contributed by atoms with E-state index in [0.29, 0.717) is 0 Å². The van der Waals surface area contributed by atoms with Crippen molar-refractivity contribution in [1.82, 2.24) is 5.32 Å². The fourth-order valence-corrected chi connectivity index (χ4v) is 1.79. The molecule has 0 aromatic carbocycles. The van der Waals surface area contributed by atoms with Crippen molar-refractivity contribution in [1.29, 1.82) is 0 Å². The molecule has 0 heterocycles. The molecule has 1 N–H and O–H groups in total. The van der Waals surface area contributed by atoms with E-state index in [-0.39, 0.29) is 11.4 Å². The second kappa shape index (κ2) is 8.37. The number of hydrogen-bond donors (Lipinski definition) is 1. The Morgan fingerprint density at radius 3 is 2.31 bits per heavy atom. The van der Waals surface area contributed by atoms with Gasteiger partial charge in [-0.3, -0.25) is 4.79 Å². The lowest BCUT2D eigenvalue weighted by Gasteiger charge is -2.25. The highest BCUT2D eigenvalue weighted by molar-refractivity contribution is 5.87. The molecule has 0 saturated carbocycles. The van der Waals surface area contributed by atoms with Gasteiger partial charge < -0.3 is 5.32 Å². The van der Waals surface area contributed by atoms with Gasteiger partial charge >= 0.3 is 0 Å². The normalized spacial score (nSPS) is 11.2. The van der Waals surface area contributed by atoms with Crippen LogP contribution < -0.4 is 5.32 Å². The predicted molar refractivity (Wildman–Crippen MR) is 70.4 cm³/mol. The van der Waals surface area contributed by atoms with Crippen LogP contribution in [0.2, 0.25) is 0 Å². The number of hydrogen-bond acceptors (Lipinski definition) is 1. The fourth-order valence-electron chi connectivity index (χ4n) is 1.79. The van der Waals surface area contributed by atoms with Crippen LogP contribution >= 0.6 is 0 Å². The standard InChI is InChI=1S/C14H27NO/c1-5-7-8-9-10-11-12-14(3,4)15-13(16)6-2/h6H,2,5,7-12H2,1,3-4H3,(H,15,16). The summed E-state index contributed by atoms with van der Waals surface area (Å²) < 4.78 is 0. The fraction of sp³-hybridized carbons (Fsp3) is 0.786. The van der Waals surface area contributed by atoms with E-state index in [1.807, 2.05) is 0 Å². The monoisotopic (exact) mass is 225 g/mol. The topological polar surface area (TPSA) is 29.1 Å². The van der Waals surface area contributed by atoms with Crippen LogP contribution in [-0.4, -0.2) is 11.4 Å². The molecular weight excluding hydrogens is 198 g/mol. The minimum absolute atomic E-state index is 0.0732. The van der Waals surface area contributed by atoms with E-state index in [9.17, 15) is 4.79 Å². The largest absolute Gasteiger partial charge is 0.348 e. The van der Waals surface area contributed by atoms with Crippen LogP contribution in [0.1, 0.15) is 65.7 Å². The van der Waals surface area contributed by atoms with Gasteiger partial charge in [-0.05, 0) is 26.3 Å². The molecule has 16 heavy (non-hydrogen) atoms. The van der Waals surface area contributed by atoms with Gasteiger partial charge in [-0.2, -0.15) is 0 Å². The van der Waals surface area contributed by atoms with Crippen LogP contribution in [0, 0.1) is 0 Å². The first-order valence-corrected chi connectivity index (χ1v) is 6.46. The maximum Gasteiger partial charge on any atom is 0.243 e. The van der Waals surface area contributed by atoms with Crippen molar-refractivity contribution in [3.05, 3.63) is 12.7 Å². The number of carbonyl (C=O) groups excluding carboxylic acids is 1. The van der Waals surface area contributed by atoms with E-state index in [0.717, 1.165) is 6.42 Å². The van der Waals surface area contributed by atoms with Gasteiger partial charge in [-0.25, -0.2) is 0 Å². The second-order valence-electron chi connectivity index (χ2n) is 5.10. The molecule has 0 unspecified atom stereocenters. The maximum atomic E-state index is 11.2. The average molecular weight is 225 g/mol. The molecule has 0 aliphatic carbocycles. The van der Waals surface area contributed by atoms with Gasteiger partial charge in [0, 0.05) is 5.54 Å². The third kappa shape index (κ3) is 8.51. The molecule has 94 valence electrons. The Morgan fingerprint density at radius 2 is 1.75 bits per heavy atom. The van der Waals surface area contributed by atoms with Gasteiger partial charge in [0.1, 0.15) is 0 Å². The van der Waals surface area contributed by atoms with E-state index in [1.54, 1.807) is 0 Å². The molecule has 2 nitrogen and oxygen atoms in total. The van der Waals surface area contributed by atoms with Crippen molar-refractivity contribution in [3.63, 3.8) is 0 Å². The van der Waals surface area contributed by atoms with E-state index >= 15 is 0 Å². The predicted octanol–water partition coefficient (Wildman–Crippen LogP) is 3.82. The highest BCUT2D eigenvalue weighted by Gasteiger charge is 2.17. The van der Waals surface area contributed by atoms with Crippen LogP contribution in [0.25, 0.3) is 0 Å². The molecule has 0 aromatic heterocycles. The molecule has 1 amide bonds. The van der Waals surface area contributed by atoms with Crippen LogP contribution in [0.15, 0.2) is 12.7 Å². The van der Waals surface area contributed by atoms with Crippen LogP contribution in [0.3, 0.4) is 0 Å². The summed E-state index contributed by atoms with van der Waals surface area (Å²) in [6.07, 6.45) is 10.1. The van der Waals surface area contributed by atoms with Gasteiger partial charge in [0.15, 0.2) is 0 Å². The Labute approximate surface area is 101 Å². The molecule has 0 aliphatic rings. The molecule has 0 saturated heterocycles. The third-order valence-corrected chi connectivity index (χ3v) is 2.80. The van der Waals surface area contributed by atoms with E-state index < -0.39 is 0 Å². The van der Waals surface area contributed by atoms with Crippen molar-refractivity contribution >= 4 is 5.91 Å². The zero-order chi connectivity index (χ0) is 12.4. The van der Waals surface area contributed by atoms with Crippen LogP contribution in [0.4, 0.5) is 0 Å². The van der Waals surface area contributed by atoms with Gasteiger partial charge in [0.05, 0.1) is 0 Å². The minimum Gasteiger partial charge on any atom is -0.348 e. The van der Waals surface area contributed by atoms with Crippen LogP contribution in [0.5, 0.6) is 0 Å². The number of rotatable bonds is 9. The molecule has 0 radical (unpaired) electrons. The Hall–Kier alpha value is -0.790. The summed E-state index contributed by atoms with van der Waals surface area (Å²) >= 11 is 0. The number of carbonyl (C=O) groups is 1.